The Morgan fingerprint density at radius 2 is 2.10 bits per heavy atom. The molecule has 0 bridgehead atoms. The maximum atomic E-state index is 9.47. The van der Waals surface area contributed by atoms with Crippen LogP contribution < -0.4 is 5.73 Å². The van der Waals surface area contributed by atoms with E-state index in [1.807, 2.05) is 6.92 Å². The molecular weight excluding hydrogens is 274 g/mol. The maximum absolute atomic E-state index is 9.47. The van der Waals surface area contributed by atoms with Crippen LogP contribution in [0.25, 0.3) is 0 Å². The summed E-state index contributed by atoms with van der Waals surface area (Å²) in [5, 5.41) is 22.6. The summed E-state index contributed by atoms with van der Waals surface area (Å²) >= 11 is 0. The lowest BCUT2D eigenvalue weighted by Crippen LogP contribution is -2.14. The van der Waals surface area contributed by atoms with Crippen LogP contribution in [-0.4, -0.2) is 27.5 Å². The van der Waals surface area contributed by atoms with E-state index >= 15 is 0 Å². The summed E-state index contributed by atoms with van der Waals surface area (Å²) in [6.07, 6.45) is 0.919. The Bertz CT molecular complexity index is 596. The second-order valence-electron chi connectivity index (χ2n) is 4.76. The van der Waals surface area contributed by atoms with Crippen LogP contribution in [0, 0.1) is 0 Å². The Balaban J connectivity index is 2.09. The normalized spacial score (nSPS) is 14.0. The number of methoxy groups -OCH3 is 1. The van der Waals surface area contributed by atoms with Crippen molar-refractivity contribution in [2.24, 2.45) is 5.73 Å². The topological polar surface area (TPSA) is 115 Å². The molecule has 0 amide bonds. The first-order valence-electron chi connectivity index (χ1n) is 6.67. The second kappa shape index (κ2) is 6.55. The Morgan fingerprint density at radius 1 is 1.33 bits per heavy atom. The fourth-order valence-corrected chi connectivity index (χ4v) is 2.02. The lowest BCUT2D eigenvalue weighted by molar-refractivity contribution is 0.0903. The van der Waals surface area contributed by atoms with Crippen molar-refractivity contribution in [1.82, 2.24) is 10.1 Å². The van der Waals surface area contributed by atoms with E-state index in [4.69, 9.17) is 15.0 Å². The van der Waals surface area contributed by atoms with Crippen molar-refractivity contribution in [1.29, 1.82) is 0 Å². The van der Waals surface area contributed by atoms with Crippen LogP contribution in [0.1, 0.15) is 42.8 Å². The Labute approximate surface area is 122 Å². The molecule has 0 radical (unpaired) electrons. The number of ether oxygens (including phenoxy) is 1. The average Bonchev–Trinajstić information content (AvgIpc) is 2.94. The minimum Gasteiger partial charge on any atom is -0.504 e. The van der Waals surface area contributed by atoms with Gasteiger partial charge in [0.2, 0.25) is 11.7 Å². The van der Waals surface area contributed by atoms with Gasteiger partial charge in [-0.2, -0.15) is 4.98 Å². The van der Waals surface area contributed by atoms with Crippen molar-refractivity contribution in [3.63, 3.8) is 0 Å². The van der Waals surface area contributed by atoms with Gasteiger partial charge in [0.1, 0.15) is 6.10 Å². The molecule has 1 aromatic heterocycles. The van der Waals surface area contributed by atoms with Crippen molar-refractivity contribution in [2.75, 3.05) is 7.11 Å². The SMILES string of the molecule is CCC(OC)c1noc(C(N)Cc2ccc(O)c(O)c2)n1. The minimum absolute atomic E-state index is 0.168. The van der Waals surface area contributed by atoms with E-state index in [9.17, 15) is 10.2 Å². The fourth-order valence-electron chi connectivity index (χ4n) is 2.02. The fraction of sp³-hybridized carbons (Fsp3) is 0.429. The summed E-state index contributed by atoms with van der Waals surface area (Å²) in [6, 6.07) is 4.05. The van der Waals surface area contributed by atoms with Crippen molar-refractivity contribution in [3.05, 3.63) is 35.5 Å². The standard InChI is InChI=1S/C14H19N3O4/c1-3-12(20-2)13-16-14(21-17-13)9(15)6-8-4-5-10(18)11(19)7-8/h4-5,7,9,12,18-19H,3,6,15H2,1-2H3. The number of benzene rings is 1. The molecule has 0 saturated carbocycles. The summed E-state index contributed by atoms with van der Waals surface area (Å²) in [5.41, 5.74) is 6.79. The number of phenols is 2. The molecule has 0 fully saturated rings. The highest BCUT2D eigenvalue weighted by atomic mass is 16.5. The number of nitrogens with two attached hydrogens (primary N) is 1. The monoisotopic (exact) mass is 293 g/mol. The lowest BCUT2D eigenvalue weighted by Gasteiger charge is -2.08. The third-order valence-electron chi connectivity index (χ3n) is 3.21. The molecule has 7 nitrogen and oxygen atoms in total. The molecule has 2 aromatic rings. The number of aromatic nitrogens is 2. The highest BCUT2D eigenvalue weighted by Crippen LogP contribution is 2.27. The Hall–Kier alpha value is -2.12. The lowest BCUT2D eigenvalue weighted by atomic mass is 10.1. The third-order valence-corrected chi connectivity index (χ3v) is 3.21. The van der Waals surface area contributed by atoms with E-state index in [0.29, 0.717) is 18.1 Å². The van der Waals surface area contributed by atoms with Crippen LogP contribution in [0.2, 0.25) is 0 Å². The number of hydrogen-bond donors (Lipinski definition) is 3. The van der Waals surface area contributed by atoms with Gasteiger partial charge in [0.25, 0.3) is 0 Å². The largest absolute Gasteiger partial charge is 0.504 e. The number of aromatic hydroxyl groups is 2. The third kappa shape index (κ3) is 3.50. The van der Waals surface area contributed by atoms with Crippen LogP contribution >= 0.6 is 0 Å². The summed E-state index contributed by atoms with van der Waals surface area (Å²) in [7, 11) is 1.59. The van der Waals surface area contributed by atoms with Gasteiger partial charge in [-0.3, -0.25) is 0 Å². The van der Waals surface area contributed by atoms with Gasteiger partial charge in [0.15, 0.2) is 11.5 Å². The molecule has 1 heterocycles. The first-order valence-corrected chi connectivity index (χ1v) is 6.67. The van der Waals surface area contributed by atoms with Crippen molar-refractivity contribution in [2.45, 2.75) is 31.9 Å². The molecule has 1 aromatic carbocycles. The van der Waals surface area contributed by atoms with Crippen LogP contribution in [0.15, 0.2) is 22.7 Å². The zero-order chi connectivity index (χ0) is 15.4. The van der Waals surface area contributed by atoms with Crippen molar-refractivity contribution < 1.29 is 19.5 Å². The Morgan fingerprint density at radius 3 is 2.71 bits per heavy atom. The highest BCUT2D eigenvalue weighted by molar-refractivity contribution is 5.40. The first-order chi connectivity index (χ1) is 10.0. The zero-order valence-electron chi connectivity index (χ0n) is 12.0. The number of hydrogen-bond acceptors (Lipinski definition) is 7. The van der Waals surface area contributed by atoms with Gasteiger partial charge >= 0.3 is 0 Å². The van der Waals surface area contributed by atoms with E-state index in [-0.39, 0.29) is 17.6 Å². The van der Waals surface area contributed by atoms with E-state index in [1.165, 1.54) is 12.1 Å². The summed E-state index contributed by atoms with van der Waals surface area (Å²) in [6.45, 7) is 1.96. The molecule has 0 spiro atoms. The molecule has 114 valence electrons. The van der Waals surface area contributed by atoms with Gasteiger partial charge in [-0.25, -0.2) is 0 Å². The minimum atomic E-state index is -0.496. The summed E-state index contributed by atoms with van der Waals surface area (Å²) < 4.78 is 10.4. The predicted molar refractivity (Wildman–Crippen MR) is 74.7 cm³/mol. The molecule has 21 heavy (non-hydrogen) atoms. The van der Waals surface area contributed by atoms with Crippen LogP contribution in [0.5, 0.6) is 11.5 Å². The summed E-state index contributed by atoms with van der Waals surface area (Å²) in [5.74, 6) is 0.432. The van der Waals surface area contributed by atoms with Gasteiger partial charge in [-0.15, -0.1) is 0 Å². The quantitative estimate of drug-likeness (QED) is 0.696. The molecule has 2 rings (SSSR count). The van der Waals surface area contributed by atoms with Crippen LogP contribution in [-0.2, 0) is 11.2 Å². The van der Waals surface area contributed by atoms with Crippen LogP contribution in [0.4, 0.5) is 0 Å². The highest BCUT2D eigenvalue weighted by Gasteiger charge is 2.20. The molecule has 0 aliphatic carbocycles. The number of phenolic OH excluding ortho intramolecular Hbond substituents is 2. The molecule has 2 atom stereocenters. The van der Waals surface area contributed by atoms with E-state index in [0.717, 1.165) is 12.0 Å². The smallest absolute Gasteiger partial charge is 0.243 e. The van der Waals surface area contributed by atoms with Gasteiger partial charge in [-0.1, -0.05) is 18.1 Å². The predicted octanol–water partition coefficient (Wildman–Crippen LogP) is 1.82. The zero-order valence-corrected chi connectivity index (χ0v) is 12.0. The van der Waals surface area contributed by atoms with Gasteiger partial charge in [0.05, 0.1) is 6.04 Å². The summed E-state index contributed by atoms with van der Waals surface area (Å²) in [4.78, 5) is 4.25. The van der Waals surface area contributed by atoms with Crippen molar-refractivity contribution in [3.8, 4) is 11.5 Å². The Kier molecular flexibility index (Phi) is 4.77. The van der Waals surface area contributed by atoms with Gasteiger partial charge in [-0.05, 0) is 30.5 Å². The molecule has 0 aliphatic heterocycles. The maximum Gasteiger partial charge on any atom is 0.243 e. The van der Waals surface area contributed by atoms with Crippen LogP contribution in [0.3, 0.4) is 0 Å². The molecule has 4 N–H and O–H groups in total. The number of rotatable bonds is 6. The average molecular weight is 293 g/mol. The molecule has 7 heteroatoms. The molecule has 2 unspecified atom stereocenters. The van der Waals surface area contributed by atoms with Gasteiger partial charge < -0.3 is 25.2 Å². The molecule has 0 aliphatic rings. The first kappa shape index (κ1) is 15.3. The van der Waals surface area contributed by atoms with E-state index in [1.54, 1.807) is 13.2 Å². The van der Waals surface area contributed by atoms with E-state index < -0.39 is 6.04 Å². The second-order valence-corrected chi connectivity index (χ2v) is 4.76. The number of nitrogens with zero attached hydrogens (tertiary/aromatic N) is 2. The van der Waals surface area contributed by atoms with E-state index in [2.05, 4.69) is 10.1 Å². The molecule has 0 saturated heterocycles. The van der Waals surface area contributed by atoms with Gasteiger partial charge in [0, 0.05) is 7.11 Å². The molecular formula is C14H19N3O4. The van der Waals surface area contributed by atoms with Crippen molar-refractivity contribution >= 4 is 0 Å².